The van der Waals surface area contributed by atoms with Gasteiger partial charge in [-0.2, -0.15) is 5.10 Å². The highest BCUT2D eigenvalue weighted by atomic mass is 19.1. The minimum Gasteiger partial charge on any atom is -0.481 e. The van der Waals surface area contributed by atoms with Gasteiger partial charge < -0.3 is 9.47 Å². The number of hydrogen-bond donors (Lipinski definition) is 1. The van der Waals surface area contributed by atoms with E-state index in [-0.39, 0.29) is 6.61 Å². The molecule has 0 saturated carbocycles. The average Bonchev–Trinajstić information content (AvgIpc) is 2.56. The molecule has 0 aliphatic carbocycles. The molecule has 1 aliphatic rings. The molecule has 6 nitrogen and oxygen atoms in total. The standard InChI is InChI=1S/C15H12FN3O3/c1-21-14-5-3-10(7-17-14)11-4-2-9(6-12(11)16)13-8-22-15(20)19-18-13/h2-7H,8H2,1H3,(H,19,20). The van der Waals surface area contributed by atoms with Crippen LogP contribution in [0.2, 0.25) is 0 Å². The second-order valence-corrected chi connectivity index (χ2v) is 4.53. The number of carbonyl (C=O) groups is 1. The number of nitrogens with zero attached hydrogens (tertiary/aromatic N) is 2. The molecule has 112 valence electrons. The van der Waals surface area contributed by atoms with Crippen LogP contribution in [0.4, 0.5) is 9.18 Å². The minimum atomic E-state index is -0.620. The molecule has 1 aliphatic heterocycles. The summed E-state index contributed by atoms with van der Waals surface area (Å²) in [5.74, 6) is 0.0503. The second kappa shape index (κ2) is 5.80. The van der Waals surface area contributed by atoms with Crippen LogP contribution in [0.5, 0.6) is 5.88 Å². The molecule has 0 fully saturated rings. The van der Waals surface area contributed by atoms with Crippen LogP contribution in [0.3, 0.4) is 0 Å². The summed E-state index contributed by atoms with van der Waals surface area (Å²) in [5.41, 5.74) is 4.25. The predicted octanol–water partition coefficient (Wildman–Crippen LogP) is 2.34. The third-order valence-corrected chi connectivity index (χ3v) is 3.18. The van der Waals surface area contributed by atoms with E-state index in [9.17, 15) is 9.18 Å². The van der Waals surface area contributed by atoms with E-state index in [1.807, 2.05) is 0 Å². The summed E-state index contributed by atoms with van der Waals surface area (Å²) in [5, 5.41) is 3.84. The number of ether oxygens (including phenoxy) is 2. The third kappa shape index (κ3) is 2.73. The monoisotopic (exact) mass is 301 g/mol. The molecule has 1 amide bonds. The molecule has 0 atom stereocenters. The predicted molar refractivity (Wildman–Crippen MR) is 77.2 cm³/mol. The maximum absolute atomic E-state index is 14.3. The zero-order chi connectivity index (χ0) is 15.5. The van der Waals surface area contributed by atoms with Gasteiger partial charge in [0, 0.05) is 29.0 Å². The SMILES string of the molecule is COc1ccc(-c2ccc(C3=NNC(=O)OC3)cc2F)cn1. The van der Waals surface area contributed by atoms with Crippen molar-refractivity contribution < 1.29 is 18.7 Å². The molecule has 1 aromatic carbocycles. The Morgan fingerprint density at radius 3 is 2.68 bits per heavy atom. The Kier molecular flexibility index (Phi) is 3.69. The van der Waals surface area contributed by atoms with Crippen LogP contribution in [0.15, 0.2) is 41.6 Å². The number of nitrogens with one attached hydrogen (secondary N) is 1. The normalized spacial score (nSPS) is 13.9. The molecule has 0 saturated heterocycles. The van der Waals surface area contributed by atoms with Crippen molar-refractivity contribution in [3.8, 4) is 17.0 Å². The van der Waals surface area contributed by atoms with Crippen molar-refractivity contribution in [2.45, 2.75) is 0 Å². The lowest BCUT2D eigenvalue weighted by Crippen LogP contribution is -2.30. The highest BCUT2D eigenvalue weighted by Gasteiger charge is 2.16. The number of rotatable bonds is 3. The Hall–Kier alpha value is -2.96. The number of amides is 1. The number of hydrogen-bond acceptors (Lipinski definition) is 5. The molecule has 3 rings (SSSR count). The van der Waals surface area contributed by atoms with Crippen LogP contribution in [0.25, 0.3) is 11.1 Å². The zero-order valence-corrected chi connectivity index (χ0v) is 11.7. The largest absolute Gasteiger partial charge is 0.481 e. The molecule has 2 heterocycles. The van der Waals surface area contributed by atoms with Crippen molar-refractivity contribution >= 4 is 11.8 Å². The highest BCUT2D eigenvalue weighted by molar-refractivity contribution is 6.03. The van der Waals surface area contributed by atoms with Crippen molar-refractivity contribution in [3.63, 3.8) is 0 Å². The molecule has 1 aromatic heterocycles. The fourth-order valence-electron chi connectivity index (χ4n) is 2.05. The van der Waals surface area contributed by atoms with E-state index in [1.54, 1.807) is 30.5 Å². The molecule has 0 unspecified atom stereocenters. The smallest absolute Gasteiger partial charge is 0.428 e. The highest BCUT2D eigenvalue weighted by Crippen LogP contribution is 2.24. The lowest BCUT2D eigenvalue weighted by Gasteiger charge is -2.14. The minimum absolute atomic E-state index is 0.00864. The first-order chi connectivity index (χ1) is 10.7. The van der Waals surface area contributed by atoms with Gasteiger partial charge in [0.25, 0.3) is 0 Å². The maximum Gasteiger partial charge on any atom is 0.428 e. The van der Waals surface area contributed by atoms with Crippen LogP contribution in [-0.4, -0.2) is 30.5 Å². The van der Waals surface area contributed by atoms with E-state index in [0.717, 1.165) is 0 Å². The van der Waals surface area contributed by atoms with Gasteiger partial charge in [-0.05, 0) is 12.1 Å². The van der Waals surface area contributed by atoms with Crippen molar-refractivity contribution in [3.05, 3.63) is 47.9 Å². The molecular weight excluding hydrogens is 289 g/mol. The summed E-state index contributed by atoms with van der Waals surface area (Å²) in [6.07, 6.45) is 0.920. The first kappa shape index (κ1) is 14.0. The third-order valence-electron chi connectivity index (χ3n) is 3.18. The van der Waals surface area contributed by atoms with E-state index in [1.165, 1.54) is 13.2 Å². The van der Waals surface area contributed by atoms with Crippen molar-refractivity contribution in [1.29, 1.82) is 0 Å². The van der Waals surface area contributed by atoms with Crippen molar-refractivity contribution in [1.82, 2.24) is 10.4 Å². The number of methoxy groups -OCH3 is 1. The number of benzene rings is 1. The van der Waals surface area contributed by atoms with E-state index in [4.69, 9.17) is 9.47 Å². The van der Waals surface area contributed by atoms with Gasteiger partial charge in [-0.3, -0.25) is 0 Å². The number of pyridine rings is 1. The second-order valence-electron chi connectivity index (χ2n) is 4.53. The van der Waals surface area contributed by atoms with Gasteiger partial charge in [0.05, 0.1) is 7.11 Å². The Morgan fingerprint density at radius 1 is 1.27 bits per heavy atom. The summed E-state index contributed by atoms with van der Waals surface area (Å²) in [4.78, 5) is 14.9. The fourth-order valence-corrected chi connectivity index (χ4v) is 2.05. The lowest BCUT2D eigenvalue weighted by molar-refractivity contribution is 0.157. The molecule has 22 heavy (non-hydrogen) atoms. The van der Waals surface area contributed by atoms with E-state index in [0.29, 0.717) is 28.3 Å². The number of aromatic nitrogens is 1. The topological polar surface area (TPSA) is 72.8 Å². The molecule has 2 aromatic rings. The Morgan fingerprint density at radius 2 is 2.09 bits per heavy atom. The Balaban J connectivity index is 1.90. The van der Waals surface area contributed by atoms with Gasteiger partial charge in [0.2, 0.25) is 5.88 Å². The van der Waals surface area contributed by atoms with Gasteiger partial charge >= 0.3 is 6.09 Å². The number of hydrazone groups is 1. The van der Waals surface area contributed by atoms with Crippen LogP contribution in [0, 0.1) is 5.82 Å². The van der Waals surface area contributed by atoms with Gasteiger partial charge in [0.1, 0.15) is 18.1 Å². The van der Waals surface area contributed by atoms with Crippen LogP contribution < -0.4 is 10.2 Å². The molecule has 0 radical (unpaired) electrons. The summed E-state index contributed by atoms with van der Waals surface area (Å²) in [7, 11) is 1.52. The average molecular weight is 301 g/mol. The molecular formula is C15H12FN3O3. The van der Waals surface area contributed by atoms with E-state index < -0.39 is 11.9 Å². The number of carbonyl (C=O) groups excluding carboxylic acids is 1. The lowest BCUT2D eigenvalue weighted by atomic mass is 10.0. The van der Waals surface area contributed by atoms with Crippen molar-refractivity contribution in [2.75, 3.05) is 13.7 Å². The van der Waals surface area contributed by atoms with Crippen LogP contribution in [0.1, 0.15) is 5.56 Å². The van der Waals surface area contributed by atoms with E-state index in [2.05, 4.69) is 15.5 Å². The molecule has 1 N–H and O–H groups in total. The van der Waals surface area contributed by atoms with Gasteiger partial charge in [0.15, 0.2) is 0 Å². The van der Waals surface area contributed by atoms with Gasteiger partial charge in [-0.25, -0.2) is 19.6 Å². The summed E-state index contributed by atoms with van der Waals surface area (Å²) >= 11 is 0. The zero-order valence-electron chi connectivity index (χ0n) is 11.7. The van der Waals surface area contributed by atoms with Crippen LogP contribution in [-0.2, 0) is 4.74 Å². The first-order valence-corrected chi connectivity index (χ1v) is 6.47. The molecule has 7 heteroatoms. The van der Waals surface area contributed by atoms with Crippen molar-refractivity contribution in [2.24, 2.45) is 5.10 Å². The number of halogens is 1. The maximum atomic E-state index is 14.3. The molecule has 0 spiro atoms. The fraction of sp³-hybridized carbons (Fsp3) is 0.133. The Labute approximate surface area is 125 Å². The van der Waals surface area contributed by atoms with Gasteiger partial charge in [-0.15, -0.1) is 0 Å². The van der Waals surface area contributed by atoms with E-state index >= 15 is 0 Å². The summed E-state index contributed by atoms with van der Waals surface area (Å²) < 4.78 is 24.1. The summed E-state index contributed by atoms with van der Waals surface area (Å²) in [6, 6.07) is 8.08. The molecule has 0 bridgehead atoms. The quantitative estimate of drug-likeness (QED) is 0.944. The Bertz CT molecular complexity index is 744. The van der Waals surface area contributed by atoms with Gasteiger partial charge in [-0.1, -0.05) is 12.1 Å². The summed E-state index contributed by atoms with van der Waals surface area (Å²) in [6.45, 7) is 0.00864. The van der Waals surface area contributed by atoms with Crippen LogP contribution >= 0.6 is 0 Å². The first-order valence-electron chi connectivity index (χ1n) is 6.47. The number of cyclic esters (lactones) is 1.